The van der Waals surface area contributed by atoms with Gasteiger partial charge in [0.05, 0.1) is 6.61 Å². The first-order valence-corrected chi connectivity index (χ1v) is 6.02. The fourth-order valence-corrected chi connectivity index (χ4v) is 1.25. The molecule has 0 aromatic carbocycles. The predicted molar refractivity (Wildman–Crippen MR) is 51.7 cm³/mol. The lowest BCUT2D eigenvalue weighted by Gasteiger charge is -2.12. The second kappa shape index (κ2) is 7.34. The molecule has 4 N–H and O–H groups in total. The van der Waals surface area contributed by atoms with Crippen molar-refractivity contribution in [3.63, 3.8) is 0 Å². The first-order valence-electron chi connectivity index (χ1n) is 4.49. The number of rotatable bonds is 8. The Labute approximate surface area is 83.6 Å². The normalized spacial score (nSPS) is 14.3. The van der Waals surface area contributed by atoms with Crippen LogP contribution in [-0.2, 0) is 13.8 Å². The number of ether oxygens (including phenoxy) is 1. The highest BCUT2D eigenvalue weighted by Crippen LogP contribution is 2.35. The maximum atomic E-state index is 10.3. The lowest BCUT2D eigenvalue weighted by Crippen LogP contribution is -2.26. The molecule has 0 aromatic rings. The van der Waals surface area contributed by atoms with Gasteiger partial charge >= 0.3 is 7.82 Å². The fourth-order valence-electron chi connectivity index (χ4n) is 0.868. The second-order valence-electron chi connectivity index (χ2n) is 2.89. The minimum atomic E-state index is -4.38. The van der Waals surface area contributed by atoms with E-state index in [9.17, 15) is 4.57 Å². The zero-order valence-electron chi connectivity index (χ0n) is 8.26. The molecule has 0 aromatic heterocycles. The molecule has 1 unspecified atom stereocenters. The van der Waals surface area contributed by atoms with Crippen LogP contribution in [0.2, 0.25) is 0 Å². The quantitative estimate of drug-likeness (QED) is 0.405. The SMILES string of the molecule is CCOCCCC(N)COP(=O)(O)O. The molecule has 6 nitrogen and oxygen atoms in total. The molecule has 0 rings (SSSR count). The maximum Gasteiger partial charge on any atom is 0.469 e. The van der Waals surface area contributed by atoms with E-state index in [0.29, 0.717) is 19.6 Å². The molecule has 0 amide bonds. The number of hydrogen-bond acceptors (Lipinski definition) is 4. The summed E-state index contributed by atoms with van der Waals surface area (Å²) in [7, 11) is -4.38. The molecule has 7 heteroatoms. The van der Waals surface area contributed by atoms with Crippen LogP contribution in [0.5, 0.6) is 0 Å². The Morgan fingerprint density at radius 3 is 2.64 bits per heavy atom. The number of phosphoric acid groups is 1. The molecule has 0 heterocycles. The van der Waals surface area contributed by atoms with Gasteiger partial charge < -0.3 is 20.3 Å². The van der Waals surface area contributed by atoms with Gasteiger partial charge in [0.25, 0.3) is 0 Å². The molecule has 0 aliphatic rings. The van der Waals surface area contributed by atoms with Crippen LogP contribution in [0, 0.1) is 0 Å². The van der Waals surface area contributed by atoms with Gasteiger partial charge in [-0.3, -0.25) is 4.52 Å². The topological polar surface area (TPSA) is 102 Å². The molecule has 0 fully saturated rings. The zero-order chi connectivity index (χ0) is 11.0. The molecule has 0 aliphatic carbocycles. The largest absolute Gasteiger partial charge is 0.469 e. The first kappa shape index (κ1) is 14.0. The highest BCUT2D eigenvalue weighted by atomic mass is 31.2. The van der Waals surface area contributed by atoms with Gasteiger partial charge in [-0.25, -0.2) is 4.57 Å². The monoisotopic (exact) mass is 227 g/mol. The van der Waals surface area contributed by atoms with E-state index in [1.54, 1.807) is 0 Å². The standard InChI is InChI=1S/C7H18NO5P/c1-2-12-5-3-4-7(8)6-13-14(9,10)11/h7H,2-6,8H2,1H3,(H2,9,10,11). The van der Waals surface area contributed by atoms with Gasteiger partial charge in [-0.05, 0) is 19.8 Å². The van der Waals surface area contributed by atoms with Crippen LogP contribution >= 0.6 is 7.82 Å². The highest BCUT2D eigenvalue weighted by Gasteiger charge is 2.15. The van der Waals surface area contributed by atoms with Gasteiger partial charge in [0.1, 0.15) is 0 Å². The molecule has 0 saturated carbocycles. The summed E-state index contributed by atoms with van der Waals surface area (Å²) in [4.78, 5) is 16.8. The van der Waals surface area contributed by atoms with Crippen LogP contribution in [-0.4, -0.2) is 35.6 Å². The van der Waals surface area contributed by atoms with E-state index in [1.807, 2.05) is 6.92 Å². The Bertz CT molecular complexity index is 183. The van der Waals surface area contributed by atoms with Crippen LogP contribution in [0.4, 0.5) is 0 Å². The minimum absolute atomic E-state index is 0.129. The van der Waals surface area contributed by atoms with Crippen LogP contribution < -0.4 is 5.73 Å². The van der Waals surface area contributed by atoms with E-state index in [1.165, 1.54) is 0 Å². The highest BCUT2D eigenvalue weighted by molar-refractivity contribution is 7.46. The van der Waals surface area contributed by atoms with Crippen molar-refractivity contribution in [3.05, 3.63) is 0 Å². The Hall–Kier alpha value is 0.0300. The van der Waals surface area contributed by atoms with E-state index >= 15 is 0 Å². The average molecular weight is 227 g/mol. The van der Waals surface area contributed by atoms with Crippen LogP contribution in [0.25, 0.3) is 0 Å². The van der Waals surface area contributed by atoms with Gasteiger partial charge in [-0.1, -0.05) is 0 Å². The fraction of sp³-hybridized carbons (Fsp3) is 1.00. The lowest BCUT2D eigenvalue weighted by atomic mass is 10.2. The smallest absolute Gasteiger partial charge is 0.382 e. The van der Waals surface area contributed by atoms with Gasteiger partial charge in [-0.2, -0.15) is 0 Å². The molecule has 0 radical (unpaired) electrons. The Balaban J connectivity index is 3.37. The van der Waals surface area contributed by atoms with Crippen molar-refractivity contribution in [2.75, 3.05) is 19.8 Å². The summed E-state index contributed by atoms with van der Waals surface area (Å²) in [5.41, 5.74) is 5.54. The van der Waals surface area contributed by atoms with E-state index in [2.05, 4.69) is 4.52 Å². The summed E-state index contributed by atoms with van der Waals surface area (Å²) >= 11 is 0. The third-order valence-corrected chi connectivity index (χ3v) is 2.01. The maximum absolute atomic E-state index is 10.3. The molecule has 0 spiro atoms. The number of phosphoric ester groups is 1. The van der Waals surface area contributed by atoms with Crippen molar-refractivity contribution in [2.45, 2.75) is 25.8 Å². The molecule has 0 aliphatic heterocycles. The molecule has 0 saturated heterocycles. The van der Waals surface area contributed by atoms with Crippen molar-refractivity contribution in [1.29, 1.82) is 0 Å². The minimum Gasteiger partial charge on any atom is -0.382 e. The van der Waals surface area contributed by atoms with E-state index in [4.69, 9.17) is 20.3 Å². The van der Waals surface area contributed by atoms with Gasteiger partial charge in [0.2, 0.25) is 0 Å². The van der Waals surface area contributed by atoms with Crippen molar-refractivity contribution >= 4 is 7.82 Å². The summed E-state index contributed by atoms with van der Waals surface area (Å²) in [6, 6.07) is -0.358. The van der Waals surface area contributed by atoms with Gasteiger partial charge in [-0.15, -0.1) is 0 Å². The van der Waals surface area contributed by atoms with Crippen molar-refractivity contribution in [2.24, 2.45) is 5.73 Å². The molecule has 86 valence electrons. The van der Waals surface area contributed by atoms with Crippen LogP contribution in [0.3, 0.4) is 0 Å². The molecule has 14 heavy (non-hydrogen) atoms. The molecule has 0 bridgehead atoms. The third kappa shape index (κ3) is 10.1. The number of nitrogens with two attached hydrogens (primary N) is 1. The average Bonchev–Trinajstić information content (AvgIpc) is 2.08. The molecule has 1 atom stereocenters. The van der Waals surface area contributed by atoms with Crippen LogP contribution in [0.15, 0.2) is 0 Å². The van der Waals surface area contributed by atoms with Crippen molar-refractivity contribution < 1.29 is 23.6 Å². The first-order chi connectivity index (χ1) is 6.45. The number of hydrogen-bond donors (Lipinski definition) is 3. The van der Waals surface area contributed by atoms with Crippen LogP contribution in [0.1, 0.15) is 19.8 Å². The summed E-state index contributed by atoms with van der Waals surface area (Å²) in [6.45, 7) is 3.04. The Morgan fingerprint density at radius 1 is 1.50 bits per heavy atom. The van der Waals surface area contributed by atoms with E-state index in [-0.39, 0.29) is 12.6 Å². The lowest BCUT2D eigenvalue weighted by molar-refractivity contribution is 0.136. The third-order valence-electron chi connectivity index (χ3n) is 1.52. The summed E-state index contributed by atoms with van der Waals surface area (Å²) in [5.74, 6) is 0. The summed E-state index contributed by atoms with van der Waals surface area (Å²) in [5, 5.41) is 0. The van der Waals surface area contributed by atoms with Crippen molar-refractivity contribution in [3.8, 4) is 0 Å². The van der Waals surface area contributed by atoms with Gasteiger partial charge in [0, 0.05) is 19.3 Å². The Morgan fingerprint density at radius 2 is 2.14 bits per heavy atom. The van der Waals surface area contributed by atoms with E-state index in [0.717, 1.165) is 6.42 Å². The Kier molecular flexibility index (Phi) is 7.35. The summed E-state index contributed by atoms with van der Waals surface area (Å²) < 4.78 is 19.6. The zero-order valence-corrected chi connectivity index (χ0v) is 9.15. The summed E-state index contributed by atoms with van der Waals surface area (Å²) in [6.07, 6.45) is 1.39. The van der Waals surface area contributed by atoms with Crippen molar-refractivity contribution in [1.82, 2.24) is 0 Å². The molecular weight excluding hydrogens is 209 g/mol. The molecular formula is C7H18NO5P. The van der Waals surface area contributed by atoms with E-state index < -0.39 is 7.82 Å². The van der Waals surface area contributed by atoms with Gasteiger partial charge in [0.15, 0.2) is 0 Å². The second-order valence-corrected chi connectivity index (χ2v) is 4.12. The predicted octanol–water partition coefficient (Wildman–Crippen LogP) is 0.240.